The molecule has 9 heteroatoms. The van der Waals surface area contributed by atoms with Gasteiger partial charge in [-0.15, -0.1) is 15.3 Å². The van der Waals surface area contributed by atoms with E-state index in [1.54, 1.807) is 0 Å². The van der Waals surface area contributed by atoms with Crippen LogP contribution in [-0.4, -0.2) is 37.9 Å². The normalized spacial score (nSPS) is 12.0. The summed E-state index contributed by atoms with van der Waals surface area (Å²) in [6, 6.07) is 54.0. The highest BCUT2D eigenvalue weighted by Crippen LogP contribution is 2.53. The second-order valence-electron chi connectivity index (χ2n) is 11.9. The zero-order chi connectivity index (χ0) is 34.9. The molecule has 1 aliphatic heterocycles. The van der Waals surface area contributed by atoms with Crippen LogP contribution < -0.4 is 0 Å². The first-order valence-corrected chi connectivity index (χ1v) is 16.5. The number of aromatic hydroxyl groups is 1. The van der Waals surface area contributed by atoms with E-state index in [-0.39, 0.29) is 11.7 Å². The number of carbonyl (C=O) groups is 1. The SMILES string of the molecule is O=C1C=NN=N1.Oc1cc(-c2ccccc2)c(-c2nn[nH]n2)c(C(c2ccccc2)(c2ccccc2)c2ccccc2)c1CCc1ccccc1. The molecule has 0 fully saturated rings. The number of aryl methyl sites for hydroxylation is 1. The van der Waals surface area contributed by atoms with Crippen molar-refractivity contribution in [2.24, 2.45) is 15.4 Å². The van der Waals surface area contributed by atoms with Crippen LogP contribution in [0.1, 0.15) is 33.4 Å². The fourth-order valence-electron chi connectivity index (χ4n) is 6.80. The van der Waals surface area contributed by atoms with Crippen LogP contribution in [0.4, 0.5) is 0 Å². The van der Waals surface area contributed by atoms with Gasteiger partial charge >= 0.3 is 5.91 Å². The summed E-state index contributed by atoms with van der Waals surface area (Å²) in [7, 11) is 0. The van der Waals surface area contributed by atoms with Crippen molar-refractivity contribution >= 4 is 12.1 Å². The van der Waals surface area contributed by atoms with Gasteiger partial charge in [-0.2, -0.15) is 5.21 Å². The van der Waals surface area contributed by atoms with Gasteiger partial charge in [0, 0.05) is 5.56 Å². The van der Waals surface area contributed by atoms with Gasteiger partial charge in [0.1, 0.15) is 12.0 Å². The summed E-state index contributed by atoms with van der Waals surface area (Å²) in [6.45, 7) is 0. The molecule has 0 unspecified atom stereocenters. The van der Waals surface area contributed by atoms with E-state index < -0.39 is 5.41 Å². The predicted octanol–water partition coefficient (Wildman–Crippen LogP) is 8.37. The molecule has 1 amide bonds. The Morgan fingerprint density at radius 1 is 0.647 bits per heavy atom. The Labute approximate surface area is 295 Å². The minimum Gasteiger partial charge on any atom is -0.508 e. The average Bonchev–Trinajstić information content (AvgIpc) is 3.92. The number of hydrogen-bond acceptors (Lipinski definition) is 7. The molecule has 6 aromatic carbocycles. The van der Waals surface area contributed by atoms with Gasteiger partial charge in [-0.1, -0.05) is 157 Å². The monoisotopic (exact) mass is 667 g/mol. The smallest absolute Gasteiger partial charge is 0.310 e. The number of aromatic nitrogens is 4. The number of amides is 1. The summed E-state index contributed by atoms with van der Waals surface area (Å²) in [5.41, 5.74) is 7.93. The topological polar surface area (TPSA) is 129 Å². The number of carbonyl (C=O) groups excluding carboxylic acids is 1. The van der Waals surface area contributed by atoms with Gasteiger partial charge in [-0.05, 0) is 73.9 Å². The standard InChI is InChI=1S/C40H32N4O.C2HN3O/c45-36-28-35(30-18-8-2-9-19-30)37(39-41-43-44-42-39)38(34(36)27-26-29-16-6-1-7-17-29)40(31-20-10-3-11-21-31,32-22-12-4-13-23-32)33-24-14-5-15-25-33;6-2-1-3-5-4-2/h1-25,28,45H,26-27H2,(H,41,42,43,44);1H. The van der Waals surface area contributed by atoms with Crippen LogP contribution in [0.3, 0.4) is 0 Å². The van der Waals surface area contributed by atoms with Crippen LogP contribution in [0.5, 0.6) is 5.75 Å². The van der Waals surface area contributed by atoms with Gasteiger partial charge in [0.2, 0.25) is 5.82 Å². The first kappa shape index (κ1) is 32.7. The maximum absolute atomic E-state index is 12.2. The van der Waals surface area contributed by atoms with E-state index >= 15 is 0 Å². The van der Waals surface area contributed by atoms with Crippen LogP contribution in [0, 0.1) is 0 Å². The Bertz CT molecular complexity index is 2150. The predicted molar refractivity (Wildman–Crippen MR) is 197 cm³/mol. The summed E-state index contributed by atoms with van der Waals surface area (Å²) >= 11 is 0. The molecule has 0 radical (unpaired) electrons. The number of nitrogens with one attached hydrogen (secondary N) is 1. The van der Waals surface area contributed by atoms with Gasteiger partial charge in [-0.3, -0.25) is 4.79 Å². The molecule has 0 saturated carbocycles. The van der Waals surface area contributed by atoms with Crippen molar-refractivity contribution in [2.45, 2.75) is 18.3 Å². The Hall–Kier alpha value is -6.87. The molecule has 0 spiro atoms. The highest BCUT2D eigenvalue weighted by Gasteiger charge is 2.44. The lowest BCUT2D eigenvalue weighted by Crippen LogP contribution is -2.33. The zero-order valence-corrected chi connectivity index (χ0v) is 27.5. The van der Waals surface area contributed by atoms with Crippen LogP contribution in [0.2, 0.25) is 0 Å². The molecule has 8 rings (SSSR count). The molecule has 9 nitrogen and oxygen atoms in total. The van der Waals surface area contributed by atoms with Crippen LogP contribution in [-0.2, 0) is 23.1 Å². The molecule has 0 saturated heterocycles. The van der Waals surface area contributed by atoms with Gasteiger partial charge < -0.3 is 5.11 Å². The van der Waals surface area contributed by atoms with Crippen molar-refractivity contribution in [1.29, 1.82) is 0 Å². The second kappa shape index (κ2) is 15.1. The summed E-state index contributed by atoms with van der Waals surface area (Å²) < 4.78 is 0. The lowest BCUT2D eigenvalue weighted by Gasteiger charge is -2.40. The molecule has 0 atom stereocenters. The quantitative estimate of drug-likeness (QED) is 0.150. The van der Waals surface area contributed by atoms with Gasteiger partial charge in [-0.25, -0.2) is 0 Å². The molecule has 0 bridgehead atoms. The fraction of sp³-hybridized carbons (Fsp3) is 0.0714. The number of tetrazole rings is 1. The van der Waals surface area contributed by atoms with Crippen LogP contribution >= 0.6 is 0 Å². The minimum atomic E-state index is -0.853. The third-order valence-corrected chi connectivity index (χ3v) is 8.93. The summed E-state index contributed by atoms with van der Waals surface area (Å²) in [4.78, 5) is 9.83. The third-order valence-electron chi connectivity index (χ3n) is 8.93. The van der Waals surface area contributed by atoms with E-state index in [1.165, 1.54) is 5.56 Å². The van der Waals surface area contributed by atoms with Crippen molar-refractivity contribution in [3.8, 4) is 28.3 Å². The molecule has 2 N–H and O–H groups in total. The lowest BCUT2D eigenvalue weighted by molar-refractivity contribution is -0.111. The van der Waals surface area contributed by atoms with Crippen molar-refractivity contribution in [1.82, 2.24) is 20.6 Å². The lowest BCUT2D eigenvalue weighted by atomic mass is 9.61. The number of aromatic amines is 1. The second-order valence-corrected chi connectivity index (χ2v) is 11.9. The van der Waals surface area contributed by atoms with E-state index in [0.29, 0.717) is 12.2 Å². The molecular weight excluding hydrogens is 635 g/mol. The summed E-state index contributed by atoms with van der Waals surface area (Å²) in [5, 5.41) is 37.2. The molecule has 1 aliphatic rings. The molecular formula is C42H33N7O2. The van der Waals surface area contributed by atoms with Gasteiger partial charge in [0.15, 0.2) is 0 Å². The number of rotatable bonds is 9. The molecule has 2 heterocycles. The van der Waals surface area contributed by atoms with Gasteiger partial charge in [0.05, 0.1) is 5.41 Å². The summed E-state index contributed by atoms with van der Waals surface area (Å²) in [5.74, 6) is 0.325. The Balaban J connectivity index is 0.000000615. The Kier molecular flexibility index (Phi) is 9.69. The van der Waals surface area contributed by atoms with Crippen LogP contribution in [0.15, 0.2) is 173 Å². The number of phenolic OH excluding ortho intramolecular Hbond substituents is 1. The summed E-state index contributed by atoms with van der Waals surface area (Å²) in [6.07, 6.45) is 2.39. The van der Waals surface area contributed by atoms with Crippen molar-refractivity contribution in [3.05, 3.63) is 191 Å². The highest BCUT2D eigenvalue weighted by molar-refractivity contribution is 6.27. The minimum absolute atomic E-state index is 0.235. The zero-order valence-electron chi connectivity index (χ0n) is 27.5. The van der Waals surface area contributed by atoms with E-state index in [2.05, 4.69) is 145 Å². The first-order valence-electron chi connectivity index (χ1n) is 16.5. The van der Waals surface area contributed by atoms with Crippen molar-refractivity contribution in [3.63, 3.8) is 0 Å². The Morgan fingerprint density at radius 2 is 1.18 bits per heavy atom. The fourth-order valence-corrected chi connectivity index (χ4v) is 6.80. The molecule has 1 aromatic heterocycles. The van der Waals surface area contributed by atoms with E-state index in [4.69, 9.17) is 0 Å². The largest absolute Gasteiger partial charge is 0.508 e. The van der Waals surface area contributed by atoms with Crippen molar-refractivity contribution < 1.29 is 9.90 Å². The van der Waals surface area contributed by atoms with E-state index in [0.717, 1.165) is 57.1 Å². The third kappa shape index (κ3) is 6.73. The molecule has 248 valence electrons. The molecule has 51 heavy (non-hydrogen) atoms. The first-order chi connectivity index (χ1) is 25.2. The van der Waals surface area contributed by atoms with Crippen LogP contribution in [0.25, 0.3) is 22.5 Å². The number of benzene rings is 6. The Morgan fingerprint density at radius 3 is 1.63 bits per heavy atom. The number of H-pyrrole nitrogens is 1. The van der Waals surface area contributed by atoms with Gasteiger partial charge in [0.25, 0.3) is 0 Å². The number of nitrogens with zero attached hydrogens (tertiary/aromatic N) is 6. The maximum atomic E-state index is 12.2. The van der Waals surface area contributed by atoms with Crippen molar-refractivity contribution in [2.75, 3.05) is 0 Å². The highest BCUT2D eigenvalue weighted by atomic mass is 16.3. The maximum Gasteiger partial charge on any atom is 0.310 e. The average molecular weight is 668 g/mol. The molecule has 0 aliphatic carbocycles. The number of phenols is 1. The number of hydrogen-bond donors (Lipinski definition) is 2. The van der Waals surface area contributed by atoms with E-state index in [9.17, 15) is 9.90 Å². The molecule has 7 aromatic rings. The van der Waals surface area contributed by atoms with E-state index in [1.807, 2.05) is 48.5 Å².